The maximum atomic E-state index is 11.2. The van der Waals surface area contributed by atoms with Crippen molar-refractivity contribution < 1.29 is 9.72 Å². The van der Waals surface area contributed by atoms with Crippen molar-refractivity contribution in [3.05, 3.63) is 57.4 Å². The van der Waals surface area contributed by atoms with Crippen molar-refractivity contribution in [1.82, 2.24) is 9.78 Å². The Balaban J connectivity index is 2.45. The summed E-state index contributed by atoms with van der Waals surface area (Å²) in [5.74, 6) is 0. The standard InChI is InChI=1S/C12H10ClN3O3/c1-8-11(16(18)19)10(12(13)17)14-15(8)7-9-5-3-2-4-6-9/h2-6H,7H2,1H3. The molecule has 0 unspecified atom stereocenters. The largest absolute Gasteiger partial charge is 0.322 e. The molecular weight excluding hydrogens is 270 g/mol. The lowest BCUT2D eigenvalue weighted by molar-refractivity contribution is -0.385. The van der Waals surface area contributed by atoms with Gasteiger partial charge in [0.25, 0.3) is 5.24 Å². The summed E-state index contributed by atoms with van der Waals surface area (Å²) in [5, 5.41) is 13.9. The minimum Gasteiger partial charge on any atom is -0.273 e. The van der Waals surface area contributed by atoms with Crippen LogP contribution >= 0.6 is 11.6 Å². The van der Waals surface area contributed by atoms with E-state index < -0.39 is 10.2 Å². The van der Waals surface area contributed by atoms with Gasteiger partial charge in [-0.05, 0) is 24.1 Å². The number of halogens is 1. The van der Waals surface area contributed by atoms with Crippen LogP contribution in [-0.4, -0.2) is 19.9 Å². The van der Waals surface area contributed by atoms with Gasteiger partial charge in [0.05, 0.1) is 11.5 Å². The molecule has 19 heavy (non-hydrogen) atoms. The minimum atomic E-state index is -0.929. The summed E-state index contributed by atoms with van der Waals surface area (Å²) in [6.45, 7) is 1.88. The quantitative estimate of drug-likeness (QED) is 0.489. The molecule has 2 aromatic rings. The van der Waals surface area contributed by atoms with Gasteiger partial charge in [-0.2, -0.15) is 5.10 Å². The summed E-state index contributed by atoms with van der Waals surface area (Å²) in [4.78, 5) is 21.5. The van der Waals surface area contributed by atoms with Crippen LogP contribution in [-0.2, 0) is 6.54 Å². The predicted molar refractivity (Wildman–Crippen MR) is 69.3 cm³/mol. The molecule has 0 aliphatic heterocycles. The van der Waals surface area contributed by atoms with Gasteiger partial charge >= 0.3 is 5.69 Å². The molecule has 0 saturated carbocycles. The summed E-state index contributed by atoms with van der Waals surface area (Å²) in [7, 11) is 0. The molecule has 2 rings (SSSR count). The summed E-state index contributed by atoms with van der Waals surface area (Å²) in [6.07, 6.45) is 0. The zero-order valence-corrected chi connectivity index (χ0v) is 10.8. The summed E-state index contributed by atoms with van der Waals surface area (Å²) < 4.78 is 1.41. The lowest BCUT2D eigenvalue weighted by Crippen LogP contribution is -2.04. The molecule has 98 valence electrons. The predicted octanol–water partition coefficient (Wildman–Crippen LogP) is 2.53. The van der Waals surface area contributed by atoms with Crippen molar-refractivity contribution in [2.45, 2.75) is 13.5 Å². The van der Waals surface area contributed by atoms with Crippen LogP contribution in [0.2, 0.25) is 0 Å². The Kier molecular flexibility index (Phi) is 3.62. The van der Waals surface area contributed by atoms with Gasteiger partial charge in [0.15, 0.2) is 0 Å². The molecule has 0 radical (unpaired) electrons. The average molecular weight is 280 g/mol. The fraction of sp³-hybridized carbons (Fsp3) is 0.167. The first-order chi connectivity index (χ1) is 9.00. The number of carbonyl (C=O) groups excluding carboxylic acids is 1. The van der Waals surface area contributed by atoms with Crippen LogP contribution in [0.15, 0.2) is 30.3 Å². The second kappa shape index (κ2) is 5.19. The first kappa shape index (κ1) is 13.2. The third-order valence-electron chi connectivity index (χ3n) is 2.72. The first-order valence-corrected chi connectivity index (χ1v) is 5.84. The number of nitrogens with zero attached hydrogens (tertiary/aromatic N) is 3. The van der Waals surface area contributed by atoms with E-state index in [1.165, 1.54) is 11.6 Å². The zero-order chi connectivity index (χ0) is 14.0. The average Bonchev–Trinajstić information content (AvgIpc) is 2.68. The zero-order valence-electron chi connectivity index (χ0n) is 10.0. The first-order valence-electron chi connectivity index (χ1n) is 5.46. The SMILES string of the molecule is Cc1c([N+](=O)[O-])c(C(=O)Cl)nn1Cc1ccccc1. The van der Waals surface area contributed by atoms with Gasteiger partial charge in [-0.3, -0.25) is 19.6 Å². The Labute approximate surface area is 113 Å². The van der Waals surface area contributed by atoms with Gasteiger partial charge in [0, 0.05) is 0 Å². The molecule has 1 aromatic carbocycles. The van der Waals surface area contributed by atoms with Crippen molar-refractivity contribution in [2.75, 3.05) is 0 Å². The monoisotopic (exact) mass is 279 g/mol. The molecule has 0 spiro atoms. The van der Waals surface area contributed by atoms with Crippen LogP contribution in [0.5, 0.6) is 0 Å². The van der Waals surface area contributed by atoms with E-state index in [0.29, 0.717) is 12.2 Å². The molecule has 0 fully saturated rings. The Morgan fingerprint density at radius 3 is 2.53 bits per heavy atom. The van der Waals surface area contributed by atoms with E-state index in [9.17, 15) is 14.9 Å². The fourth-order valence-electron chi connectivity index (χ4n) is 1.80. The summed E-state index contributed by atoms with van der Waals surface area (Å²) in [5.41, 5.74) is 0.574. The third-order valence-corrected chi connectivity index (χ3v) is 2.90. The molecule has 1 aromatic heterocycles. The Bertz CT molecular complexity index is 637. The number of benzene rings is 1. The molecule has 0 atom stereocenters. The molecule has 6 nitrogen and oxygen atoms in total. The molecule has 0 bridgehead atoms. The molecule has 0 N–H and O–H groups in total. The van der Waals surface area contributed by atoms with E-state index in [4.69, 9.17) is 11.6 Å². The van der Waals surface area contributed by atoms with Gasteiger partial charge in [0.2, 0.25) is 5.69 Å². The maximum Gasteiger partial charge on any atom is 0.322 e. The third kappa shape index (κ3) is 2.63. The molecule has 0 amide bonds. The summed E-state index contributed by atoms with van der Waals surface area (Å²) >= 11 is 5.32. The molecule has 0 saturated heterocycles. The highest BCUT2D eigenvalue weighted by atomic mass is 35.5. The number of rotatable bonds is 4. The van der Waals surface area contributed by atoms with E-state index in [1.54, 1.807) is 0 Å². The van der Waals surface area contributed by atoms with E-state index in [0.717, 1.165) is 5.56 Å². The number of hydrogen-bond acceptors (Lipinski definition) is 4. The van der Waals surface area contributed by atoms with Crippen LogP contribution < -0.4 is 0 Å². The smallest absolute Gasteiger partial charge is 0.273 e. The highest BCUT2D eigenvalue weighted by Gasteiger charge is 2.28. The Morgan fingerprint density at radius 2 is 2.05 bits per heavy atom. The molecule has 7 heteroatoms. The second-order valence-electron chi connectivity index (χ2n) is 3.96. The molecule has 1 heterocycles. The highest BCUT2D eigenvalue weighted by Crippen LogP contribution is 2.24. The van der Waals surface area contributed by atoms with Crippen LogP contribution in [0.3, 0.4) is 0 Å². The number of carbonyl (C=O) groups is 1. The Morgan fingerprint density at radius 1 is 1.42 bits per heavy atom. The van der Waals surface area contributed by atoms with Gasteiger partial charge in [0.1, 0.15) is 5.69 Å². The highest BCUT2D eigenvalue weighted by molar-refractivity contribution is 6.67. The van der Waals surface area contributed by atoms with Gasteiger partial charge in [-0.15, -0.1) is 0 Å². The number of hydrogen-bond donors (Lipinski definition) is 0. The van der Waals surface area contributed by atoms with Crippen molar-refractivity contribution in [3.63, 3.8) is 0 Å². The van der Waals surface area contributed by atoms with Crippen LogP contribution in [0.25, 0.3) is 0 Å². The normalized spacial score (nSPS) is 10.4. The molecule has 0 aliphatic carbocycles. The lowest BCUT2D eigenvalue weighted by Gasteiger charge is -2.03. The molecular formula is C12H10ClN3O3. The fourth-order valence-corrected chi connectivity index (χ4v) is 1.93. The topological polar surface area (TPSA) is 78.0 Å². The maximum absolute atomic E-state index is 11.2. The number of aromatic nitrogens is 2. The van der Waals surface area contributed by atoms with E-state index in [-0.39, 0.29) is 11.4 Å². The van der Waals surface area contributed by atoms with Gasteiger partial charge in [-0.25, -0.2) is 0 Å². The van der Waals surface area contributed by atoms with Crippen molar-refractivity contribution in [1.29, 1.82) is 0 Å². The Hall–Kier alpha value is -2.21. The van der Waals surface area contributed by atoms with Crippen LogP contribution in [0.1, 0.15) is 21.7 Å². The van der Waals surface area contributed by atoms with Crippen molar-refractivity contribution in [3.8, 4) is 0 Å². The minimum absolute atomic E-state index is 0.304. The van der Waals surface area contributed by atoms with Crippen LogP contribution in [0.4, 0.5) is 5.69 Å². The van der Waals surface area contributed by atoms with E-state index >= 15 is 0 Å². The van der Waals surface area contributed by atoms with E-state index in [2.05, 4.69) is 5.10 Å². The van der Waals surface area contributed by atoms with Crippen molar-refractivity contribution >= 4 is 22.5 Å². The molecule has 0 aliphatic rings. The van der Waals surface area contributed by atoms with Crippen molar-refractivity contribution in [2.24, 2.45) is 0 Å². The lowest BCUT2D eigenvalue weighted by atomic mass is 10.2. The van der Waals surface area contributed by atoms with E-state index in [1.807, 2.05) is 30.3 Å². The second-order valence-corrected chi connectivity index (χ2v) is 4.30. The number of nitro groups is 1. The van der Waals surface area contributed by atoms with Crippen LogP contribution in [0, 0.1) is 17.0 Å². The van der Waals surface area contributed by atoms with Gasteiger partial charge in [-0.1, -0.05) is 30.3 Å². The summed E-state index contributed by atoms with van der Waals surface area (Å²) in [6, 6.07) is 9.33. The van der Waals surface area contributed by atoms with Gasteiger partial charge < -0.3 is 0 Å².